The quantitative estimate of drug-likeness (QED) is 0.775. The zero-order valence-corrected chi connectivity index (χ0v) is 13.0. The summed E-state index contributed by atoms with van der Waals surface area (Å²) in [5.74, 6) is 1.22. The number of carbonyl (C=O) groups excluding carboxylic acids is 1. The molecule has 20 heavy (non-hydrogen) atoms. The lowest BCUT2D eigenvalue weighted by atomic mass is 9.78. The molecule has 1 amide bonds. The molecule has 1 saturated carbocycles. The highest BCUT2D eigenvalue weighted by Crippen LogP contribution is 2.35. The van der Waals surface area contributed by atoms with Gasteiger partial charge < -0.3 is 4.90 Å². The number of amides is 1. The Morgan fingerprint density at radius 1 is 0.950 bits per heavy atom. The second-order valence-corrected chi connectivity index (χ2v) is 7.16. The summed E-state index contributed by atoms with van der Waals surface area (Å²) in [6.45, 7) is 5.09. The van der Waals surface area contributed by atoms with Gasteiger partial charge in [0.25, 0.3) is 0 Å². The van der Waals surface area contributed by atoms with E-state index < -0.39 is 0 Å². The van der Waals surface area contributed by atoms with E-state index in [2.05, 4.69) is 16.7 Å². The summed E-state index contributed by atoms with van der Waals surface area (Å²) in [4.78, 5) is 17.4. The van der Waals surface area contributed by atoms with Crippen LogP contribution in [0.3, 0.4) is 0 Å². The zero-order chi connectivity index (χ0) is 13.9. The van der Waals surface area contributed by atoms with Crippen LogP contribution in [-0.2, 0) is 4.79 Å². The molecule has 2 saturated heterocycles. The molecular formula is C17H30N2O. The van der Waals surface area contributed by atoms with Crippen molar-refractivity contribution >= 4 is 5.91 Å². The molecule has 1 aliphatic carbocycles. The van der Waals surface area contributed by atoms with Gasteiger partial charge in [0.15, 0.2) is 0 Å². The predicted octanol–water partition coefficient (Wildman–Crippen LogP) is 3.04. The van der Waals surface area contributed by atoms with Gasteiger partial charge in [-0.1, -0.05) is 19.3 Å². The third-order valence-corrected chi connectivity index (χ3v) is 5.84. The van der Waals surface area contributed by atoms with Crippen LogP contribution in [0.15, 0.2) is 0 Å². The minimum absolute atomic E-state index is 0.412. The van der Waals surface area contributed by atoms with Crippen molar-refractivity contribution in [2.75, 3.05) is 19.6 Å². The molecule has 3 fully saturated rings. The highest BCUT2D eigenvalue weighted by atomic mass is 16.2. The Labute approximate surface area is 123 Å². The fraction of sp³-hybridized carbons (Fsp3) is 0.941. The first-order valence-electron chi connectivity index (χ1n) is 8.79. The smallest absolute Gasteiger partial charge is 0.237 e. The molecule has 2 heterocycles. The highest BCUT2D eigenvalue weighted by Gasteiger charge is 2.36. The van der Waals surface area contributed by atoms with Gasteiger partial charge in [-0.25, -0.2) is 0 Å². The van der Waals surface area contributed by atoms with Gasteiger partial charge in [0.05, 0.1) is 6.54 Å². The molecule has 0 aromatic rings. The van der Waals surface area contributed by atoms with Crippen molar-refractivity contribution in [1.29, 1.82) is 0 Å². The summed E-state index contributed by atoms with van der Waals surface area (Å²) in [5, 5.41) is 0. The van der Waals surface area contributed by atoms with Gasteiger partial charge in [0.2, 0.25) is 5.91 Å². The Balaban J connectivity index is 1.60. The molecule has 0 N–H and O–H groups in total. The Morgan fingerprint density at radius 2 is 1.70 bits per heavy atom. The fourth-order valence-electron chi connectivity index (χ4n) is 4.59. The maximum absolute atomic E-state index is 12.8. The Hall–Kier alpha value is -0.570. The average molecular weight is 278 g/mol. The Morgan fingerprint density at radius 3 is 2.55 bits per heavy atom. The van der Waals surface area contributed by atoms with E-state index in [0.29, 0.717) is 24.5 Å². The zero-order valence-electron chi connectivity index (χ0n) is 13.0. The van der Waals surface area contributed by atoms with Crippen LogP contribution in [0.1, 0.15) is 64.7 Å². The molecule has 3 unspecified atom stereocenters. The van der Waals surface area contributed by atoms with Gasteiger partial charge in [0, 0.05) is 18.6 Å². The van der Waals surface area contributed by atoms with Crippen molar-refractivity contribution in [3.05, 3.63) is 0 Å². The molecular weight excluding hydrogens is 248 g/mol. The molecule has 0 aromatic carbocycles. The third-order valence-electron chi connectivity index (χ3n) is 5.84. The Bertz CT molecular complexity index is 342. The first kappa shape index (κ1) is 14.4. The number of carbonyl (C=O) groups is 1. The van der Waals surface area contributed by atoms with E-state index in [1.54, 1.807) is 0 Å². The molecule has 3 aliphatic rings. The lowest BCUT2D eigenvalue weighted by molar-refractivity contribution is -0.139. The molecule has 3 heteroatoms. The van der Waals surface area contributed by atoms with E-state index in [9.17, 15) is 4.79 Å². The van der Waals surface area contributed by atoms with Gasteiger partial charge in [-0.05, 0) is 57.9 Å². The van der Waals surface area contributed by atoms with Crippen molar-refractivity contribution in [2.45, 2.75) is 76.8 Å². The third kappa shape index (κ3) is 3.03. The lowest BCUT2D eigenvalue weighted by Crippen LogP contribution is -2.53. The van der Waals surface area contributed by atoms with Crippen LogP contribution >= 0.6 is 0 Å². The standard InChI is InChI=1S/C17H30N2O/c1-14-7-4-5-11-18(14)13-17(20)19-12-6-9-15-8-2-3-10-16(15)19/h14-16H,2-13H2,1H3. The highest BCUT2D eigenvalue weighted by molar-refractivity contribution is 5.78. The molecule has 0 aromatic heterocycles. The molecule has 0 radical (unpaired) electrons. The van der Waals surface area contributed by atoms with E-state index in [0.717, 1.165) is 19.0 Å². The normalized spacial score (nSPS) is 35.6. The van der Waals surface area contributed by atoms with Crippen LogP contribution in [0.4, 0.5) is 0 Å². The number of hydrogen-bond acceptors (Lipinski definition) is 2. The van der Waals surface area contributed by atoms with E-state index in [1.807, 2.05) is 0 Å². The first-order valence-corrected chi connectivity index (χ1v) is 8.79. The van der Waals surface area contributed by atoms with Crippen LogP contribution in [0.5, 0.6) is 0 Å². The molecule has 0 spiro atoms. The number of nitrogens with zero attached hydrogens (tertiary/aromatic N) is 2. The van der Waals surface area contributed by atoms with E-state index in [-0.39, 0.29) is 0 Å². The van der Waals surface area contributed by atoms with Crippen molar-refractivity contribution in [1.82, 2.24) is 9.80 Å². The molecule has 3 atom stereocenters. The first-order chi connectivity index (χ1) is 9.75. The minimum Gasteiger partial charge on any atom is -0.338 e. The number of rotatable bonds is 2. The monoisotopic (exact) mass is 278 g/mol. The average Bonchev–Trinajstić information content (AvgIpc) is 2.49. The minimum atomic E-state index is 0.412. The number of hydrogen-bond donors (Lipinski definition) is 0. The van der Waals surface area contributed by atoms with E-state index in [1.165, 1.54) is 57.8 Å². The van der Waals surface area contributed by atoms with Crippen molar-refractivity contribution in [2.24, 2.45) is 5.92 Å². The van der Waals surface area contributed by atoms with Crippen molar-refractivity contribution in [3.63, 3.8) is 0 Å². The van der Waals surface area contributed by atoms with Crippen LogP contribution in [0.25, 0.3) is 0 Å². The number of piperidine rings is 2. The molecule has 0 bridgehead atoms. The predicted molar refractivity (Wildman–Crippen MR) is 81.6 cm³/mol. The molecule has 2 aliphatic heterocycles. The van der Waals surface area contributed by atoms with Crippen LogP contribution < -0.4 is 0 Å². The van der Waals surface area contributed by atoms with Crippen molar-refractivity contribution in [3.8, 4) is 0 Å². The summed E-state index contributed by atoms with van der Waals surface area (Å²) >= 11 is 0. The van der Waals surface area contributed by atoms with Gasteiger partial charge in [-0.15, -0.1) is 0 Å². The summed E-state index contributed by atoms with van der Waals surface area (Å²) in [6.07, 6.45) is 11.8. The SMILES string of the molecule is CC1CCCCN1CC(=O)N1CCCC2CCCCC21. The largest absolute Gasteiger partial charge is 0.338 e. The Kier molecular flexibility index (Phi) is 4.65. The van der Waals surface area contributed by atoms with Crippen LogP contribution in [-0.4, -0.2) is 47.4 Å². The number of fused-ring (bicyclic) bond motifs is 1. The summed E-state index contributed by atoms with van der Waals surface area (Å²) in [6, 6.07) is 1.17. The second-order valence-electron chi connectivity index (χ2n) is 7.16. The molecule has 114 valence electrons. The van der Waals surface area contributed by atoms with Gasteiger partial charge >= 0.3 is 0 Å². The van der Waals surface area contributed by atoms with Crippen LogP contribution in [0.2, 0.25) is 0 Å². The maximum atomic E-state index is 12.8. The molecule has 3 rings (SSSR count). The fourth-order valence-corrected chi connectivity index (χ4v) is 4.59. The van der Waals surface area contributed by atoms with Gasteiger partial charge in [-0.3, -0.25) is 9.69 Å². The number of likely N-dealkylation sites (tertiary alicyclic amines) is 2. The second kappa shape index (κ2) is 6.46. The topological polar surface area (TPSA) is 23.6 Å². The molecule has 3 nitrogen and oxygen atoms in total. The van der Waals surface area contributed by atoms with Gasteiger partial charge in [0.1, 0.15) is 0 Å². The van der Waals surface area contributed by atoms with Crippen LogP contribution in [0, 0.1) is 5.92 Å². The van der Waals surface area contributed by atoms with Crippen molar-refractivity contribution < 1.29 is 4.79 Å². The van der Waals surface area contributed by atoms with E-state index >= 15 is 0 Å². The van der Waals surface area contributed by atoms with E-state index in [4.69, 9.17) is 0 Å². The summed E-state index contributed by atoms with van der Waals surface area (Å²) in [5.41, 5.74) is 0. The summed E-state index contributed by atoms with van der Waals surface area (Å²) < 4.78 is 0. The lowest BCUT2D eigenvalue weighted by Gasteiger charge is -2.45. The summed E-state index contributed by atoms with van der Waals surface area (Å²) in [7, 11) is 0. The maximum Gasteiger partial charge on any atom is 0.237 e. The van der Waals surface area contributed by atoms with Gasteiger partial charge in [-0.2, -0.15) is 0 Å².